The van der Waals surface area contributed by atoms with Crippen LogP contribution in [0.3, 0.4) is 0 Å². The van der Waals surface area contributed by atoms with Gasteiger partial charge in [-0.3, -0.25) is 4.90 Å². The molecule has 0 fully saturated rings. The highest BCUT2D eigenvalue weighted by Gasteiger charge is 2.22. The van der Waals surface area contributed by atoms with Crippen molar-refractivity contribution in [1.82, 2.24) is 20.5 Å². The van der Waals surface area contributed by atoms with Crippen LogP contribution in [-0.2, 0) is 28.5 Å². The van der Waals surface area contributed by atoms with Gasteiger partial charge >= 0.3 is 12.1 Å². The highest BCUT2D eigenvalue weighted by molar-refractivity contribution is 5.85. The Morgan fingerprint density at radius 2 is 1.60 bits per heavy atom. The number of carboxylic acids is 1. The number of ether oxygens (including phenoxy) is 5. The summed E-state index contributed by atoms with van der Waals surface area (Å²) in [4.78, 5) is 39.0. The summed E-state index contributed by atoms with van der Waals surface area (Å²) < 4.78 is 25.2. The summed E-state index contributed by atoms with van der Waals surface area (Å²) in [5.74, 6) is -0.237. The zero-order valence-electron chi connectivity index (χ0n) is 26.6. The molecule has 1 aromatic heterocycles. The van der Waals surface area contributed by atoms with Crippen molar-refractivity contribution in [3.8, 4) is 0 Å². The number of likely N-dealkylation sites (N-methyl/N-ethyl adjacent to an activating group) is 1. The zero-order chi connectivity index (χ0) is 32.0. The summed E-state index contributed by atoms with van der Waals surface area (Å²) in [6.07, 6.45) is 1.62. The van der Waals surface area contributed by atoms with E-state index in [1.165, 1.54) is 19.6 Å². The number of pyridine rings is 1. The number of aromatic carboxylic acids is 1. The smallest absolute Gasteiger partial charge is 0.406 e. The van der Waals surface area contributed by atoms with Crippen LogP contribution in [0.4, 0.5) is 4.79 Å². The predicted molar refractivity (Wildman–Crippen MR) is 161 cm³/mol. The number of carbonyl (C=O) groups excluding carboxylic acids is 2. The second-order valence-corrected chi connectivity index (χ2v) is 9.11. The lowest BCUT2D eigenvalue weighted by atomic mass is 10.1. The van der Waals surface area contributed by atoms with Gasteiger partial charge < -0.3 is 44.2 Å². The molecular formula is C29H54N4O9. The minimum atomic E-state index is -1.12. The van der Waals surface area contributed by atoms with Crippen LogP contribution in [0.25, 0.3) is 0 Å². The molecule has 0 aromatic carbocycles. The Labute approximate surface area is 251 Å². The minimum Gasteiger partial charge on any atom is -0.477 e. The zero-order valence-corrected chi connectivity index (χ0v) is 26.6. The van der Waals surface area contributed by atoms with Gasteiger partial charge in [0.2, 0.25) is 0 Å². The number of rotatable bonds is 21. The van der Waals surface area contributed by atoms with Gasteiger partial charge in [0, 0.05) is 39.9 Å². The van der Waals surface area contributed by atoms with E-state index in [-0.39, 0.29) is 5.69 Å². The molecule has 0 saturated carbocycles. The molecule has 0 bridgehead atoms. The Morgan fingerprint density at radius 3 is 2.10 bits per heavy atom. The molecule has 1 unspecified atom stereocenters. The standard InChI is InChI=1S/C15H22N2O5.C9H20N2O4.C5H12/c1-3-22-10-8-17(7-9-21-2)14(11-18)12-5-4-6-13(16-12)15(19)20;1-10-3-5-14-7-8-15-6-4-11-9(12)13-2;1-4-5(2)3/h4-6,11,14H,3,7-10H2,1-2H3,(H,19,20);10H,3-8H2,1-2H3,(H,11,12);5H,4H2,1-3H3. The van der Waals surface area contributed by atoms with Gasteiger partial charge in [0.1, 0.15) is 18.0 Å². The van der Waals surface area contributed by atoms with Gasteiger partial charge in [0.25, 0.3) is 0 Å². The molecule has 1 rings (SSSR count). The van der Waals surface area contributed by atoms with Crippen molar-refractivity contribution >= 4 is 18.3 Å². The van der Waals surface area contributed by atoms with Crippen LogP contribution in [0.15, 0.2) is 18.2 Å². The van der Waals surface area contributed by atoms with Gasteiger partial charge in [-0.2, -0.15) is 0 Å². The van der Waals surface area contributed by atoms with Crippen LogP contribution < -0.4 is 10.6 Å². The predicted octanol–water partition coefficient (Wildman–Crippen LogP) is 2.65. The fraction of sp³-hybridized carbons (Fsp3) is 0.724. The summed E-state index contributed by atoms with van der Waals surface area (Å²) >= 11 is 0. The van der Waals surface area contributed by atoms with Crippen molar-refractivity contribution < 1.29 is 43.2 Å². The van der Waals surface area contributed by atoms with Crippen molar-refractivity contribution in [1.29, 1.82) is 0 Å². The lowest BCUT2D eigenvalue weighted by Crippen LogP contribution is -2.36. The van der Waals surface area contributed by atoms with E-state index in [1.54, 1.807) is 19.2 Å². The van der Waals surface area contributed by atoms with Crippen molar-refractivity contribution in [2.45, 2.75) is 40.2 Å². The van der Waals surface area contributed by atoms with E-state index in [4.69, 9.17) is 24.1 Å². The van der Waals surface area contributed by atoms with Gasteiger partial charge in [-0.25, -0.2) is 14.6 Å². The van der Waals surface area contributed by atoms with E-state index >= 15 is 0 Å². The molecule has 0 aliphatic carbocycles. The van der Waals surface area contributed by atoms with Gasteiger partial charge in [0.05, 0.1) is 52.4 Å². The van der Waals surface area contributed by atoms with Gasteiger partial charge in [-0.1, -0.05) is 33.3 Å². The third kappa shape index (κ3) is 24.0. The van der Waals surface area contributed by atoms with E-state index in [0.717, 1.165) is 18.7 Å². The largest absolute Gasteiger partial charge is 0.477 e. The molecule has 244 valence electrons. The highest BCUT2D eigenvalue weighted by atomic mass is 16.5. The number of hydrogen-bond acceptors (Lipinski definition) is 11. The SMILES string of the molecule is CCC(C)C.CCOCCN(CCOC)C(C=O)c1cccc(C(=O)O)n1.CNCCOCCOCCNC(=O)OC. The Kier molecular flexibility index (Phi) is 29.4. The number of aldehydes is 1. The fourth-order valence-electron chi connectivity index (χ4n) is 2.80. The van der Waals surface area contributed by atoms with E-state index in [1.807, 2.05) is 18.9 Å². The maximum absolute atomic E-state index is 11.5. The van der Waals surface area contributed by atoms with E-state index in [0.29, 0.717) is 71.6 Å². The number of amides is 1. The van der Waals surface area contributed by atoms with E-state index < -0.39 is 18.1 Å². The molecule has 13 heteroatoms. The van der Waals surface area contributed by atoms with Crippen LogP contribution >= 0.6 is 0 Å². The first-order chi connectivity index (χ1) is 20.2. The summed E-state index contributed by atoms with van der Waals surface area (Å²) in [5.41, 5.74) is 0.323. The van der Waals surface area contributed by atoms with Crippen molar-refractivity contribution in [3.63, 3.8) is 0 Å². The van der Waals surface area contributed by atoms with Gasteiger partial charge in [0.15, 0.2) is 0 Å². The van der Waals surface area contributed by atoms with Gasteiger partial charge in [-0.05, 0) is 32.0 Å². The fourth-order valence-corrected chi connectivity index (χ4v) is 2.80. The molecule has 0 aliphatic heterocycles. The first-order valence-electron chi connectivity index (χ1n) is 14.3. The monoisotopic (exact) mass is 602 g/mol. The summed E-state index contributed by atoms with van der Waals surface area (Å²) in [5, 5.41) is 14.5. The topological polar surface area (TPSA) is 158 Å². The van der Waals surface area contributed by atoms with E-state index in [9.17, 15) is 14.4 Å². The van der Waals surface area contributed by atoms with Gasteiger partial charge in [-0.15, -0.1) is 0 Å². The third-order valence-corrected chi connectivity index (χ3v) is 5.51. The normalized spacial score (nSPS) is 11.2. The molecule has 1 atom stereocenters. The molecule has 13 nitrogen and oxygen atoms in total. The highest BCUT2D eigenvalue weighted by Crippen LogP contribution is 2.17. The third-order valence-electron chi connectivity index (χ3n) is 5.51. The first kappa shape index (κ1) is 41.5. The second-order valence-electron chi connectivity index (χ2n) is 9.11. The average Bonchev–Trinajstić information content (AvgIpc) is 2.99. The molecule has 0 spiro atoms. The number of aromatic nitrogens is 1. The average molecular weight is 603 g/mol. The van der Waals surface area contributed by atoms with E-state index in [2.05, 4.69) is 41.1 Å². The molecule has 42 heavy (non-hydrogen) atoms. The summed E-state index contributed by atoms with van der Waals surface area (Å²) in [6, 6.07) is 3.99. The van der Waals surface area contributed by atoms with Crippen LogP contribution in [0.1, 0.15) is 56.3 Å². The van der Waals surface area contributed by atoms with Crippen molar-refractivity contribution in [3.05, 3.63) is 29.6 Å². The summed E-state index contributed by atoms with van der Waals surface area (Å²) in [6.45, 7) is 14.6. The Morgan fingerprint density at radius 1 is 0.976 bits per heavy atom. The van der Waals surface area contributed by atoms with Crippen LogP contribution in [0.2, 0.25) is 0 Å². The number of carboxylic acid groups (broad SMARTS) is 1. The van der Waals surface area contributed by atoms with Crippen LogP contribution in [-0.4, -0.2) is 127 Å². The lowest BCUT2D eigenvalue weighted by Gasteiger charge is -2.27. The number of hydrogen-bond donors (Lipinski definition) is 3. The van der Waals surface area contributed by atoms with Crippen LogP contribution in [0, 0.1) is 5.92 Å². The molecule has 0 aliphatic rings. The maximum Gasteiger partial charge on any atom is 0.406 e. The lowest BCUT2D eigenvalue weighted by molar-refractivity contribution is -0.113. The molecule has 3 N–H and O–H groups in total. The maximum atomic E-state index is 11.5. The van der Waals surface area contributed by atoms with Crippen molar-refractivity contribution in [2.75, 3.05) is 93.7 Å². The quantitative estimate of drug-likeness (QED) is 0.140. The minimum absolute atomic E-state index is 0.0825. The summed E-state index contributed by atoms with van der Waals surface area (Å²) in [7, 11) is 4.78. The second kappa shape index (κ2) is 29.8. The number of carbonyl (C=O) groups is 3. The Hall–Kier alpha value is -2.68. The number of nitrogens with zero attached hydrogens (tertiary/aromatic N) is 2. The first-order valence-corrected chi connectivity index (χ1v) is 14.3. The number of alkyl carbamates (subject to hydrolysis) is 1. The number of nitrogens with one attached hydrogen (secondary N) is 2. The number of methoxy groups -OCH3 is 2. The Bertz CT molecular complexity index is 800. The molecule has 1 amide bonds. The molecule has 0 saturated heterocycles. The Balaban J connectivity index is 0. The molecule has 0 radical (unpaired) electrons. The van der Waals surface area contributed by atoms with Crippen molar-refractivity contribution in [2.24, 2.45) is 5.92 Å². The molecular weight excluding hydrogens is 548 g/mol. The molecule has 1 heterocycles. The van der Waals surface area contributed by atoms with Crippen LogP contribution in [0.5, 0.6) is 0 Å². The molecule has 1 aromatic rings.